The van der Waals surface area contributed by atoms with E-state index >= 15 is 0 Å². The van der Waals surface area contributed by atoms with Crippen LogP contribution >= 0.6 is 22.9 Å². The van der Waals surface area contributed by atoms with Gasteiger partial charge in [-0.2, -0.15) is 0 Å². The minimum absolute atomic E-state index is 0.0528. The van der Waals surface area contributed by atoms with Crippen molar-refractivity contribution in [2.75, 3.05) is 13.1 Å². The molecule has 1 saturated carbocycles. The minimum atomic E-state index is -0.812. The van der Waals surface area contributed by atoms with Crippen LogP contribution < -0.4 is 5.32 Å². The van der Waals surface area contributed by atoms with Gasteiger partial charge in [0.05, 0.1) is 11.4 Å². The van der Waals surface area contributed by atoms with E-state index in [1.54, 1.807) is 0 Å². The van der Waals surface area contributed by atoms with Crippen LogP contribution in [-0.4, -0.2) is 47.1 Å². The van der Waals surface area contributed by atoms with E-state index in [4.69, 9.17) is 16.7 Å². The van der Waals surface area contributed by atoms with Crippen molar-refractivity contribution < 1.29 is 14.7 Å². The molecule has 1 heterocycles. The van der Waals surface area contributed by atoms with E-state index in [0.717, 1.165) is 23.3 Å². The molecule has 0 unspecified atom stereocenters. The topological polar surface area (TPSA) is 69.6 Å². The predicted molar refractivity (Wildman–Crippen MR) is 104 cm³/mol. The van der Waals surface area contributed by atoms with E-state index in [0.29, 0.717) is 16.4 Å². The van der Waals surface area contributed by atoms with Crippen molar-refractivity contribution in [1.29, 1.82) is 0 Å². The Labute approximate surface area is 161 Å². The van der Waals surface area contributed by atoms with Crippen LogP contribution in [0.15, 0.2) is 36.4 Å². The summed E-state index contributed by atoms with van der Waals surface area (Å²) < 4.78 is 0. The monoisotopic (exact) mass is 392 g/mol. The quantitative estimate of drug-likeness (QED) is 0.753. The number of carbonyl (C=O) groups is 2. The fourth-order valence-corrected chi connectivity index (χ4v) is 4.20. The zero-order valence-corrected chi connectivity index (χ0v) is 16.0. The SMILES string of the molecule is CCN(CC(=O)O)C1CC(NC(=O)c2ccc(-c3ccc(Cl)cc3)s2)C1. The Morgan fingerprint density at radius 1 is 1.23 bits per heavy atom. The summed E-state index contributed by atoms with van der Waals surface area (Å²) in [6.45, 7) is 2.71. The molecular formula is C19H21ClN2O3S. The first-order valence-corrected chi connectivity index (χ1v) is 9.78. The zero-order chi connectivity index (χ0) is 18.7. The van der Waals surface area contributed by atoms with E-state index in [1.165, 1.54) is 11.3 Å². The average molecular weight is 393 g/mol. The molecule has 0 saturated heterocycles. The first-order chi connectivity index (χ1) is 12.5. The molecule has 1 aromatic carbocycles. The van der Waals surface area contributed by atoms with Crippen LogP contribution in [0.4, 0.5) is 0 Å². The Kier molecular flexibility index (Phi) is 5.96. The van der Waals surface area contributed by atoms with Crippen molar-refractivity contribution in [3.63, 3.8) is 0 Å². The van der Waals surface area contributed by atoms with Gasteiger partial charge in [-0.15, -0.1) is 11.3 Å². The van der Waals surface area contributed by atoms with Crippen LogP contribution in [0.3, 0.4) is 0 Å². The first-order valence-electron chi connectivity index (χ1n) is 8.58. The number of carboxylic acids is 1. The molecule has 1 fully saturated rings. The molecule has 2 aromatic rings. The Balaban J connectivity index is 1.54. The summed E-state index contributed by atoms with van der Waals surface area (Å²) in [5, 5.41) is 12.7. The molecule has 5 nitrogen and oxygen atoms in total. The molecule has 138 valence electrons. The molecule has 7 heteroatoms. The number of amides is 1. The Morgan fingerprint density at radius 3 is 2.54 bits per heavy atom. The van der Waals surface area contributed by atoms with Gasteiger partial charge in [0, 0.05) is 22.0 Å². The third kappa shape index (κ3) is 4.44. The van der Waals surface area contributed by atoms with Crippen LogP contribution in [0.1, 0.15) is 29.4 Å². The predicted octanol–water partition coefficient (Wildman–Crippen LogP) is 3.74. The molecular weight excluding hydrogens is 372 g/mol. The van der Waals surface area contributed by atoms with Crippen LogP contribution in [0.25, 0.3) is 10.4 Å². The van der Waals surface area contributed by atoms with Gasteiger partial charge >= 0.3 is 5.97 Å². The lowest BCUT2D eigenvalue weighted by atomic mass is 9.85. The summed E-state index contributed by atoms with van der Waals surface area (Å²) in [4.78, 5) is 27.0. The largest absolute Gasteiger partial charge is 0.480 e. The van der Waals surface area contributed by atoms with Gasteiger partial charge in [0.1, 0.15) is 0 Å². The molecule has 0 atom stereocenters. The third-order valence-corrected chi connectivity index (χ3v) is 6.05. The second-order valence-electron chi connectivity index (χ2n) is 6.42. The number of nitrogens with zero attached hydrogens (tertiary/aromatic N) is 1. The van der Waals surface area contributed by atoms with Gasteiger partial charge in [-0.25, -0.2) is 0 Å². The molecule has 0 aliphatic heterocycles. The summed E-state index contributed by atoms with van der Waals surface area (Å²) >= 11 is 7.36. The van der Waals surface area contributed by atoms with Crippen LogP contribution in [0, 0.1) is 0 Å². The summed E-state index contributed by atoms with van der Waals surface area (Å²) in [6.07, 6.45) is 1.59. The summed E-state index contributed by atoms with van der Waals surface area (Å²) in [5.41, 5.74) is 1.04. The second kappa shape index (κ2) is 8.20. The molecule has 1 aliphatic rings. The lowest BCUT2D eigenvalue weighted by Gasteiger charge is -2.42. The Hall–Kier alpha value is -1.89. The van der Waals surface area contributed by atoms with Crippen molar-refractivity contribution in [2.24, 2.45) is 0 Å². The first kappa shape index (κ1) is 18.9. The van der Waals surface area contributed by atoms with Crippen LogP contribution in [0.5, 0.6) is 0 Å². The van der Waals surface area contributed by atoms with Crippen LogP contribution in [0.2, 0.25) is 5.02 Å². The summed E-state index contributed by atoms with van der Waals surface area (Å²) in [6, 6.07) is 11.7. The van der Waals surface area contributed by atoms with E-state index < -0.39 is 5.97 Å². The van der Waals surface area contributed by atoms with Crippen molar-refractivity contribution >= 4 is 34.8 Å². The minimum Gasteiger partial charge on any atom is -0.480 e. The maximum absolute atomic E-state index is 12.4. The fraction of sp³-hybridized carbons (Fsp3) is 0.368. The highest BCUT2D eigenvalue weighted by Gasteiger charge is 2.34. The van der Waals surface area contributed by atoms with E-state index in [-0.39, 0.29) is 24.5 Å². The highest BCUT2D eigenvalue weighted by atomic mass is 35.5. The maximum atomic E-state index is 12.4. The zero-order valence-electron chi connectivity index (χ0n) is 14.4. The number of hydrogen-bond acceptors (Lipinski definition) is 4. The highest BCUT2D eigenvalue weighted by molar-refractivity contribution is 7.17. The molecule has 2 N–H and O–H groups in total. The molecule has 0 bridgehead atoms. The van der Waals surface area contributed by atoms with Crippen molar-refractivity contribution in [3.05, 3.63) is 46.3 Å². The number of carbonyl (C=O) groups excluding carboxylic acids is 1. The number of halogens is 1. The normalized spacial score (nSPS) is 19.2. The third-order valence-electron chi connectivity index (χ3n) is 4.67. The van der Waals surface area contributed by atoms with Gasteiger partial charge in [-0.05, 0) is 49.2 Å². The molecule has 26 heavy (non-hydrogen) atoms. The molecule has 0 spiro atoms. The molecule has 3 rings (SSSR count). The van der Waals surface area contributed by atoms with Gasteiger partial charge < -0.3 is 10.4 Å². The number of nitrogens with one attached hydrogen (secondary N) is 1. The number of rotatable bonds is 7. The van der Waals surface area contributed by atoms with Gasteiger partial charge in [0.15, 0.2) is 0 Å². The van der Waals surface area contributed by atoms with Crippen molar-refractivity contribution in [3.8, 4) is 10.4 Å². The highest BCUT2D eigenvalue weighted by Crippen LogP contribution is 2.30. The lowest BCUT2D eigenvalue weighted by Crippen LogP contribution is -2.54. The van der Waals surface area contributed by atoms with Crippen molar-refractivity contribution in [2.45, 2.75) is 31.8 Å². The van der Waals surface area contributed by atoms with Crippen molar-refractivity contribution in [1.82, 2.24) is 10.2 Å². The Morgan fingerprint density at radius 2 is 1.92 bits per heavy atom. The smallest absolute Gasteiger partial charge is 0.317 e. The van der Waals surface area contributed by atoms with Gasteiger partial charge in [-0.1, -0.05) is 30.7 Å². The molecule has 1 amide bonds. The van der Waals surface area contributed by atoms with E-state index in [9.17, 15) is 9.59 Å². The van der Waals surface area contributed by atoms with Gasteiger partial charge in [0.2, 0.25) is 0 Å². The maximum Gasteiger partial charge on any atom is 0.317 e. The number of aliphatic carboxylic acids is 1. The number of hydrogen-bond donors (Lipinski definition) is 2. The van der Waals surface area contributed by atoms with Crippen LogP contribution in [-0.2, 0) is 4.79 Å². The van der Waals surface area contributed by atoms with Gasteiger partial charge in [0.25, 0.3) is 5.91 Å². The standard InChI is InChI=1S/C19H21ClN2O3S/c1-2-22(11-18(23)24)15-9-14(10-15)21-19(25)17-8-7-16(26-17)12-3-5-13(20)6-4-12/h3-8,14-15H,2,9-11H2,1H3,(H,21,25)(H,23,24). The average Bonchev–Trinajstić information content (AvgIpc) is 3.06. The molecule has 1 aliphatic carbocycles. The Bertz CT molecular complexity index is 784. The van der Waals surface area contributed by atoms with E-state index in [2.05, 4.69) is 5.32 Å². The second-order valence-corrected chi connectivity index (χ2v) is 7.94. The lowest BCUT2D eigenvalue weighted by molar-refractivity contribution is -0.139. The summed E-state index contributed by atoms with van der Waals surface area (Å²) in [7, 11) is 0. The number of carboxylic acid groups (broad SMARTS) is 1. The number of thiophene rings is 1. The molecule has 0 radical (unpaired) electrons. The molecule has 1 aromatic heterocycles. The number of benzene rings is 1. The fourth-order valence-electron chi connectivity index (χ4n) is 3.16. The summed E-state index contributed by atoms with van der Waals surface area (Å²) in [5.74, 6) is -0.882. The number of likely N-dealkylation sites (N-methyl/N-ethyl adjacent to an activating group) is 1. The van der Waals surface area contributed by atoms with E-state index in [1.807, 2.05) is 48.2 Å². The van der Waals surface area contributed by atoms with Gasteiger partial charge in [-0.3, -0.25) is 14.5 Å².